The number of rotatable bonds is 3. The molecule has 0 spiro atoms. The van der Waals surface area contributed by atoms with Crippen LogP contribution in [0.3, 0.4) is 0 Å². The molecule has 0 saturated heterocycles. The van der Waals surface area contributed by atoms with Crippen LogP contribution in [0, 0.1) is 0 Å². The average Bonchev–Trinajstić information content (AvgIpc) is 2.75. The van der Waals surface area contributed by atoms with Gasteiger partial charge in [0.2, 0.25) is 0 Å². The van der Waals surface area contributed by atoms with E-state index in [4.69, 9.17) is 5.73 Å². The molecule has 0 unspecified atom stereocenters. The molecule has 2 aromatic rings. The molecular formula is C12H11BrF3N3. The Bertz CT molecular complexity index is 578. The molecule has 0 aliphatic heterocycles. The zero-order valence-electron chi connectivity index (χ0n) is 9.78. The van der Waals surface area contributed by atoms with Crippen molar-refractivity contribution in [2.45, 2.75) is 19.3 Å². The number of hydrogen-bond donors (Lipinski definition) is 1. The summed E-state index contributed by atoms with van der Waals surface area (Å²) in [5.41, 5.74) is 5.26. The minimum Gasteiger partial charge on any atom is -0.326 e. The van der Waals surface area contributed by atoms with Crippen LogP contribution in [0.2, 0.25) is 0 Å². The van der Waals surface area contributed by atoms with Crippen LogP contribution < -0.4 is 5.73 Å². The van der Waals surface area contributed by atoms with E-state index in [0.717, 1.165) is 14.7 Å². The van der Waals surface area contributed by atoms with Gasteiger partial charge in [-0.1, -0.05) is 34.1 Å². The lowest BCUT2D eigenvalue weighted by atomic mass is 10.2. The largest absolute Gasteiger partial charge is 0.433 e. The second-order valence-electron chi connectivity index (χ2n) is 3.97. The minimum absolute atomic E-state index is 0.000413. The second-order valence-corrected chi connectivity index (χ2v) is 4.82. The van der Waals surface area contributed by atoms with E-state index < -0.39 is 11.9 Å². The Morgan fingerprint density at radius 2 is 1.89 bits per heavy atom. The summed E-state index contributed by atoms with van der Waals surface area (Å²) in [5, 5.41) is 3.79. The van der Waals surface area contributed by atoms with Gasteiger partial charge in [0.15, 0.2) is 0 Å². The lowest BCUT2D eigenvalue weighted by molar-refractivity contribution is -0.144. The van der Waals surface area contributed by atoms with Gasteiger partial charge in [0.25, 0.3) is 0 Å². The Kier molecular flexibility index (Phi) is 3.96. The lowest BCUT2D eigenvalue weighted by Gasteiger charge is -2.13. The lowest BCUT2D eigenvalue weighted by Crippen LogP contribution is -2.18. The van der Waals surface area contributed by atoms with Crippen LogP contribution >= 0.6 is 15.9 Å². The highest BCUT2D eigenvalue weighted by atomic mass is 79.9. The molecule has 19 heavy (non-hydrogen) atoms. The van der Waals surface area contributed by atoms with Crippen LogP contribution in [0.25, 0.3) is 0 Å². The van der Waals surface area contributed by atoms with Gasteiger partial charge in [0.05, 0.1) is 12.7 Å². The molecule has 2 N–H and O–H groups in total. The Balaban J connectivity index is 2.42. The number of alkyl halides is 3. The van der Waals surface area contributed by atoms with Gasteiger partial charge in [-0.3, -0.25) is 4.68 Å². The summed E-state index contributed by atoms with van der Waals surface area (Å²) in [5.74, 6) is 0. The van der Waals surface area contributed by atoms with Gasteiger partial charge in [-0.15, -0.1) is 0 Å². The first-order chi connectivity index (χ1) is 8.93. The van der Waals surface area contributed by atoms with Crippen LogP contribution in [0.1, 0.15) is 16.8 Å². The van der Waals surface area contributed by atoms with Crippen molar-refractivity contribution < 1.29 is 13.2 Å². The van der Waals surface area contributed by atoms with Crippen molar-refractivity contribution in [2.75, 3.05) is 0 Å². The van der Waals surface area contributed by atoms with Gasteiger partial charge < -0.3 is 5.73 Å². The molecule has 0 atom stereocenters. The summed E-state index contributed by atoms with van der Waals surface area (Å²) in [6.07, 6.45) is -3.30. The summed E-state index contributed by atoms with van der Waals surface area (Å²) in [4.78, 5) is 0. The first-order valence-electron chi connectivity index (χ1n) is 5.49. The highest BCUT2D eigenvalue weighted by Gasteiger charge is 2.37. The van der Waals surface area contributed by atoms with Gasteiger partial charge in [0.1, 0.15) is 5.69 Å². The van der Waals surface area contributed by atoms with Crippen molar-refractivity contribution in [2.24, 2.45) is 5.73 Å². The summed E-state index contributed by atoms with van der Waals surface area (Å²) in [6.45, 7) is -0.152. The van der Waals surface area contributed by atoms with E-state index in [1.807, 2.05) is 0 Å². The molecule has 102 valence electrons. The smallest absolute Gasteiger partial charge is 0.326 e. The fraction of sp³-hybridized carbons (Fsp3) is 0.250. The zero-order chi connectivity index (χ0) is 14.0. The highest BCUT2D eigenvalue weighted by molar-refractivity contribution is 9.10. The van der Waals surface area contributed by atoms with Gasteiger partial charge in [-0.25, -0.2) is 0 Å². The fourth-order valence-corrected chi connectivity index (χ4v) is 2.22. The zero-order valence-corrected chi connectivity index (χ0v) is 11.4. The molecule has 1 heterocycles. The predicted octanol–water partition coefficient (Wildman–Crippen LogP) is 3.17. The van der Waals surface area contributed by atoms with Crippen LogP contribution in [0.5, 0.6) is 0 Å². The molecule has 0 bridgehead atoms. The molecule has 1 aromatic heterocycles. The van der Waals surface area contributed by atoms with Crippen molar-refractivity contribution >= 4 is 15.9 Å². The van der Waals surface area contributed by atoms with Gasteiger partial charge >= 0.3 is 6.18 Å². The van der Waals surface area contributed by atoms with E-state index in [-0.39, 0.29) is 18.7 Å². The Labute approximate surface area is 116 Å². The van der Waals surface area contributed by atoms with Crippen LogP contribution in [-0.2, 0) is 19.3 Å². The topological polar surface area (TPSA) is 43.8 Å². The first kappa shape index (κ1) is 14.1. The van der Waals surface area contributed by atoms with Crippen LogP contribution in [0.15, 0.2) is 34.9 Å². The SMILES string of the molecule is NCc1cnn(Cc2ccccc2Br)c1C(F)(F)F. The van der Waals surface area contributed by atoms with E-state index in [9.17, 15) is 13.2 Å². The highest BCUT2D eigenvalue weighted by Crippen LogP contribution is 2.32. The quantitative estimate of drug-likeness (QED) is 0.937. The van der Waals surface area contributed by atoms with Crippen LogP contribution in [0.4, 0.5) is 13.2 Å². The Morgan fingerprint density at radius 3 is 2.47 bits per heavy atom. The van der Waals surface area contributed by atoms with Crippen LogP contribution in [-0.4, -0.2) is 9.78 Å². The van der Waals surface area contributed by atoms with Crippen molar-refractivity contribution in [3.8, 4) is 0 Å². The maximum absolute atomic E-state index is 13.0. The maximum atomic E-state index is 13.0. The van der Waals surface area contributed by atoms with E-state index in [2.05, 4.69) is 21.0 Å². The Hall–Kier alpha value is -1.34. The minimum atomic E-state index is -4.47. The molecule has 0 amide bonds. The number of halogens is 4. The molecule has 1 aromatic carbocycles. The normalized spacial score (nSPS) is 11.8. The molecule has 0 radical (unpaired) electrons. The van der Waals surface area contributed by atoms with Crippen molar-refractivity contribution in [1.82, 2.24) is 9.78 Å². The van der Waals surface area contributed by atoms with E-state index >= 15 is 0 Å². The molecular weight excluding hydrogens is 323 g/mol. The third-order valence-electron chi connectivity index (χ3n) is 2.68. The summed E-state index contributed by atoms with van der Waals surface area (Å²) < 4.78 is 40.7. The van der Waals surface area contributed by atoms with E-state index in [0.29, 0.717) is 0 Å². The summed E-state index contributed by atoms with van der Waals surface area (Å²) in [7, 11) is 0. The summed E-state index contributed by atoms with van der Waals surface area (Å²) >= 11 is 3.31. The third kappa shape index (κ3) is 2.98. The van der Waals surface area contributed by atoms with Gasteiger partial charge in [-0.2, -0.15) is 18.3 Å². The molecule has 0 fully saturated rings. The standard InChI is InChI=1S/C12H11BrF3N3/c13-10-4-2-1-3-8(10)7-19-11(12(14,15)16)9(5-17)6-18-19/h1-4,6H,5,7,17H2. The number of nitrogens with zero attached hydrogens (tertiary/aromatic N) is 2. The molecule has 0 aliphatic carbocycles. The molecule has 7 heteroatoms. The Morgan fingerprint density at radius 1 is 1.21 bits per heavy atom. The van der Waals surface area contributed by atoms with Crippen molar-refractivity contribution in [1.29, 1.82) is 0 Å². The molecule has 0 aliphatic rings. The van der Waals surface area contributed by atoms with E-state index in [1.165, 1.54) is 6.20 Å². The molecule has 3 nitrogen and oxygen atoms in total. The van der Waals surface area contributed by atoms with Gasteiger partial charge in [0, 0.05) is 16.6 Å². The average molecular weight is 334 g/mol. The fourth-order valence-electron chi connectivity index (χ4n) is 1.81. The first-order valence-corrected chi connectivity index (χ1v) is 6.28. The van der Waals surface area contributed by atoms with Gasteiger partial charge in [-0.05, 0) is 11.6 Å². The third-order valence-corrected chi connectivity index (χ3v) is 3.46. The van der Waals surface area contributed by atoms with Crippen molar-refractivity contribution in [3.05, 3.63) is 51.8 Å². The predicted molar refractivity (Wildman–Crippen MR) is 68.4 cm³/mol. The molecule has 2 rings (SSSR count). The van der Waals surface area contributed by atoms with Crippen molar-refractivity contribution in [3.63, 3.8) is 0 Å². The second kappa shape index (κ2) is 5.34. The molecule has 0 saturated carbocycles. The number of nitrogens with two attached hydrogens (primary N) is 1. The van der Waals surface area contributed by atoms with E-state index in [1.54, 1.807) is 24.3 Å². The number of aromatic nitrogens is 2. The summed E-state index contributed by atoms with van der Waals surface area (Å²) in [6, 6.07) is 7.08. The maximum Gasteiger partial charge on any atom is 0.433 e. The monoisotopic (exact) mass is 333 g/mol. The number of hydrogen-bond acceptors (Lipinski definition) is 2. The number of benzene rings is 1.